The van der Waals surface area contributed by atoms with E-state index >= 15 is 0 Å². The monoisotopic (exact) mass is 446 g/mol. The van der Waals surface area contributed by atoms with Crippen LogP contribution in [0.2, 0.25) is 0 Å². The lowest BCUT2D eigenvalue weighted by atomic mass is 9.87. The van der Waals surface area contributed by atoms with Gasteiger partial charge >= 0.3 is 5.97 Å². The Labute approximate surface area is 201 Å². The first-order valence-corrected chi connectivity index (χ1v) is 12.2. The summed E-state index contributed by atoms with van der Waals surface area (Å²) < 4.78 is 5.69. The second-order valence-corrected chi connectivity index (χ2v) is 9.37. The number of fused-ring (bicyclic) bond motifs is 2. The molecule has 5 rings (SSSR count). The van der Waals surface area contributed by atoms with Gasteiger partial charge in [-0.1, -0.05) is 92.7 Å². The average molecular weight is 447 g/mol. The Balaban J connectivity index is 1.26. The van der Waals surface area contributed by atoms with Crippen LogP contribution < -0.4 is 4.74 Å². The predicted molar refractivity (Wildman–Crippen MR) is 143 cm³/mol. The molecule has 0 spiro atoms. The molecule has 4 aromatic carbocycles. The van der Waals surface area contributed by atoms with E-state index in [-0.39, 0.29) is 11.9 Å². The molecule has 0 saturated heterocycles. The van der Waals surface area contributed by atoms with Gasteiger partial charge in [0.1, 0.15) is 5.75 Å². The van der Waals surface area contributed by atoms with Gasteiger partial charge in [0.05, 0.1) is 6.42 Å². The summed E-state index contributed by atoms with van der Waals surface area (Å²) in [5.41, 5.74) is 2.32. The van der Waals surface area contributed by atoms with Crippen LogP contribution >= 0.6 is 0 Å². The quantitative estimate of drug-likeness (QED) is 0.129. The Morgan fingerprint density at radius 3 is 2.06 bits per heavy atom. The van der Waals surface area contributed by atoms with Crippen LogP contribution in [0.1, 0.15) is 37.8 Å². The lowest BCUT2D eigenvalue weighted by molar-refractivity contribution is -0.135. The third kappa shape index (κ3) is 4.82. The number of carbonyl (C=O) groups excluding carboxylic acids is 1. The molecule has 0 fully saturated rings. The Kier molecular flexibility index (Phi) is 6.31. The lowest BCUT2D eigenvalue weighted by Crippen LogP contribution is -2.18. The van der Waals surface area contributed by atoms with Crippen molar-refractivity contribution >= 4 is 39.7 Å². The number of hydrogen-bond donors (Lipinski definition) is 0. The molecule has 0 radical (unpaired) electrons. The van der Waals surface area contributed by atoms with Gasteiger partial charge in [-0.2, -0.15) is 0 Å². The first kappa shape index (κ1) is 22.2. The molecule has 0 saturated carbocycles. The van der Waals surface area contributed by atoms with Crippen LogP contribution in [0.5, 0.6) is 5.75 Å². The van der Waals surface area contributed by atoms with Gasteiger partial charge in [-0.25, -0.2) is 0 Å². The first-order chi connectivity index (χ1) is 16.6. The van der Waals surface area contributed by atoms with Gasteiger partial charge in [-0.05, 0) is 81.1 Å². The first-order valence-electron chi connectivity index (χ1n) is 12.2. The number of rotatable bonds is 6. The van der Waals surface area contributed by atoms with E-state index in [1.807, 2.05) is 18.2 Å². The van der Waals surface area contributed by atoms with Crippen molar-refractivity contribution in [1.29, 1.82) is 0 Å². The van der Waals surface area contributed by atoms with E-state index in [0.29, 0.717) is 24.0 Å². The van der Waals surface area contributed by atoms with Crippen LogP contribution in [-0.4, -0.2) is 5.97 Å². The summed E-state index contributed by atoms with van der Waals surface area (Å²) in [4.78, 5) is 12.5. The van der Waals surface area contributed by atoms with Crippen molar-refractivity contribution in [2.24, 2.45) is 17.8 Å². The minimum atomic E-state index is -0.160. The molecule has 34 heavy (non-hydrogen) atoms. The van der Waals surface area contributed by atoms with E-state index in [9.17, 15) is 4.79 Å². The second kappa shape index (κ2) is 9.69. The number of benzene rings is 4. The zero-order chi connectivity index (χ0) is 23.5. The summed E-state index contributed by atoms with van der Waals surface area (Å²) in [5, 5.41) is 4.68. The predicted octanol–water partition coefficient (Wildman–Crippen LogP) is 8.31. The number of hydrogen-bond acceptors (Lipinski definition) is 2. The van der Waals surface area contributed by atoms with E-state index in [0.717, 1.165) is 22.8 Å². The third-order valence-corrected chi connectivity index (χ3v) is 7.14. The molecule has 4 aromatic rings. The lowest BCUT2D eigenvalue weighted by Gasteiger charge is -2.19. The Bertz CT molecular complexity index is 1390. The van der Waals surface area contributed by atoms with E-state index in [4.69, 9.17) is 4.74 Å². The van der Waals surface area contributed by atoms with Gasteiger partial charge in [-0.3, -0.25) is 4.79 Å². The zero-order valence-electron chi connectivity index (χ0n) is 19.8. The molecule has 0 N–H and O–H groups in total. The van der Waals surface area contributed by atoms with Crippen molar-refractivity contribution in [3.63, 3.8) is 0 Å². The SMILES string of the molecule is CCC1C=CC(CC(=O)Oc2ccc3cc(/C=C\c4ccc5ccccc5c4)ccc3c2)[C@H]1C. The van der Waals surface area contributed by atoms with Crippen LogP contribution in [0.25, 0.3) is 33.7 Å². The fourth-order valence-corrected chi connectivity index (χ4v) is 4.99. The molecule has 1 aliphatic carbocycles. The topological polar surface area (TPSA) is 26.3 Å². The van der Waals surface area contributed by atoms with Gasteiger partial charge in [0.2, 0.25) is 0 Å². The molecular weight excluding hydrogens is 416 g/mol. The molecule has 2 nitrogen and oxygen atoms in total. The minimum absolute atomic E-state index is 0.160. The highest BCUT2D eigenvalue weighted by Gasteiger charge is 2.28. The molecule has 0 amide bonds. The summed E-state index contributed by atoms with van der Waals surface area (Å²) in [6, 6.07) is 27.1. The summed E-state index contributed by atoms with van der Waals surface area (Å²) in [6.07, 6.45) is 10.3. The molecule has 1 aliphatic rings. The second-order valence-electron chi connectivity index (χ2n) is 9.37. The smallest absolute Gasteiger partial charge is 0.311 e. The maximum Gasteiger partial charge on any atom is 0.311 e. The number of ether oxygens (including phenoxy) is 1. The number of allylic oxidation sites excluding steroid dienone is 2. The van der Waals surface area contributed by atoms with E-state index < -0.39 is 0 Å². The Hall–Kier alpha value is -3.65. The van der Waals surface area contributed by atoms with Crippen molar-refractivity contribution < 1.29 is 9.53 Å². The van der Waals surface area contributed by atoms with Crippen LogP contribution in [-0.2, 0) is 4.79 Å². The number of esters is 1. The normalized spacial score (nSPS) is 19.9. The summed E-state index contributed by atoms with van der Waals surface area (Å²) in [5.74, 6) is 1.79. The summed E-state index contributed by atoms with van der Waals surface area (Å²) >= 11 is 0. The molecule has 170 valence electrons. The van der Waals surface area contributed by atoms with Crippen molar-refractivity contribution in [2.45, 2.75) is 26.7 Å². The van der Waals surface area contributed by atoms with Gasteiger partial charge < -0.3 is 4.74 Å². The van der Waals surface area contributed by atoms with Crippen molar-refractivity contribution in [1.82, 2.24) is 0 Å². The fourth-order valence-electron chi connectivity index (χ4n) is 4.99. The van der Waals surface area contributed by atoms with Crippen LogP contribution in [0, 0.1) is 17.8 Å². The maximum absolute atomic E-state index is 12.5. The van der Waals surface area contributed by atoms with Crippen molar-refractivity contribution in [2.75, 3.05) is 0 Å². The van der Waals surface area contributed by atoms with E-state index in [1.54, 1.807) is 0 Å². The molecular formula is C32H30O2. The van der Waals surface area contributed by atoms with E-state index in [2.05, 4.69) is 98.8 Å². The molecule has 0 aromatic heterocycles. The molecule has 3 atom stereocenters. The van der Waals surface area contributed by atoms with Crippen LogP contribution in [0.4, 0.5) is 0 Å². The molecule has 0 bridgehead atoms. The highest BCUT2D eigenvalue weighted by atomic mass is 16.5. The van der Waals surface area contributed by atoms with Gasteiger partial charge in [-0.15, -0.1) is 0 Å². The Morgan fingerprint density at radius 1 is 0.765 bits per heavy atom. The summed E-state index contributed by atoms with van der Waals surface area (Å²) in [6.45, 7) is 4.43. The molecule has 2 heteroatoms. The minimum Gasteiger partial charge on any atom is -0.426 e. The standard InChI is InChI=1S/C32H30O2/c1-3-25-14-15-27(22(25)2)21-32(33)34-31-17-16-29-19-24(11-13-30(29)20-31)9-8-23-10-12-26-6-4-5-7-28(26)18-23/h4-20,22,25,27H,3,21H2,1-2H3/b9-8-/t22-,25?,27?/m0/s1. The molecule has 2 unspecified atom stereocenters. The van der Waals surface area contributed by atoms with Crippen molar-refractivity contribution in [3.8, 4) is 5.75 Å². The highest BCUT2D eigenvalue weighted by molar-refractivity contribution is 5.89. The fraction of sp³-hybridized carbons (Fsp3) is 0.219. The largest absolute Gasteiger partial charge is 0.426 e. The highest BCUT2D eigenvalue weighted by Crippen LogP contribution is 2.35. The molecule has 0 aliphatic heterocycles. The summed E-state index contributed by atoms with van der Waals surface area (Å²) in [7, 11) is 0. The third-order valence-electron chi connectivity index (χ3n) is 7.14. The van der Waals surface area contributed by atoms with Gasteiger partial charge in [0, 0.05) is 0 Å². The van der Waals surface area contributed by atoms with Crippen LogP contribution in [0.3, 0.4) is 0 Å². The van der Waals surface area contributed by atoms with E-state index in [1.165, 1.54) is 16.3 Å². The zero-order valence-corrected chi connectivity index (χ0v) is 19.8. The average Bonchev–Trinajstić information content (AvgIpc) is 3.21. The molecule has 0 heterocycles. The maximum atomic E-state index is 12.5. The Morgan fingerprint density at radius 2 is 1.35 bits per heavy atom. The number of carbonyl (C=O) groups is 1. The van der Waals surface area contributed by atoms with Gasteiger partial charge in [0.25, 0.3) is 0 Å². The van der Waals surface area contributed by atoms with Gasteiger partial charge in [0.15, 0.2) is 0 Å². The van der Waals surface area contributed by atoms with Crippen LogP contribution in [0.15, 0.2) is 91.0 Å². The van der Waals surface area contributed by atoms with Crippen molar-refractivity contribution in [3.05, 3.63) is 102 Å².